The summed E-state index contributed by atoms with van der Waals surface area (Å²) < 4.78 is 0. The summed E-state index contributed by atoms with van der Waals surface area (Å²) in [6, 6.07) is 7.81. The van der Waals surface area contributed by atoms with Crippen LogP contribution in [0.15, 0.2) is 29.3 Å². The molecule has 1 aliphatic heterocycles. The molecule has 1 aromatic carbocycles. The highest BCUT2D eigenvalue weighted by Crippen LogP contribution is 2.40. The monoisotopic (exact) mass is 262 g/mol. The first kappa shape index (κ1) is 12.1. The van der Waals surface area contributed by atoms with E-state index in [1.165, 1.54) is 19.3 Å². The van der Waals surface area contributed by atoms with Crippen LogP contribution in [-0.2, 0) is 0 Å². The Labute approximate surface area is 111 Å². The molecule has 1 fully saturated rings. The van der Waals surface area contributed by atoms with Gasteiger partial charge in [0.1, 0.15) is 5.75 Å². The molecule has 3 N–H and O–H groups in total. The lowest BCUT2D eigenvalue weighted by atomic mass is 9.86. The van der Waals surface area contributed by atoms with E-state index in [4.69, 9.17) is 10.7 Å². The van der Waals surface area contributed by atoms with Crippen LogP contribution >= 0.6 is 11.8 Å². The summed E-state index contributed by atoms with van der Waals surface area (Å²) in [6.45, 7) is 0.804. The number of rotatable bonds is 2. The molecule has 3 nitrogen and oxygen atoms in total. The molecule has 0 radical (unpaired) electrons. The molecule has 3 rings (SSSR count). The van der Waals surface area contributed by atoms with Crippen LogP contribution in [0.5, 0.6) is 5.75 Å². The fraction of sp³-hybridized carbons (Fsp3) is 0.500. The molecule has 18 heavy (non-hydrogen) atoms. The third kappa shape index (κ3) is 2.27. The molecule has 3 atom stereocenters. The van der Waals surface area contributed by atoms with Crippen molar-refractivity contribution in [3.8, 4) is 5.75 Å². The van der Waals surface area contributed by atoms with Gasteiger partial charge in [-0.3, -0.25) is 4.99 Å². The molecule has 1 aliphatic carbocycles. The minimum atomic E-state index is 0.308. The maximum absolute atomic E-state index is 9.31. The van der Waals surface area contributed by atoms with Gasteiger partial charge in [-0.25, -0.2) is 0 Å². The van der Waals surface area contributed by atoms with Gasteiger partial charge >= 0.3 is 0 Å². The maximum atomic E-state index is 9.31. The van der Waals surface area contributed by atoms with E-state index in [2.05, 4.69) is 0 Å². The zero-order chi connectivity index (χ0) is 12.5. The lowest BCUT2D eigenvalue weighted by Gasteiger charge is -2.28. The molecule has 2 aliphatic rings. The number of fused-ring (bicyclic) bond motifs is 1. The first-order valence-corrected chi connectivity index (χ1v) is 7.38. The van der Waals surface area contributed by atoms with Crippen LogP contribution in [0.3, 0.4) is 0 Å². The van der Waals surface area contributed by atoms with Crippen molar-refractivity contribution in [1.29, 1.82) is 0 Å². The van der Waals surface area contributed by atoms with Gasteiger partial charge < -0.3 is 10.8 Å². The highest BCUT2D eigenvalue weighted by Gasteiger charge is 2.35. The third-order valence-electron chi connectivity index (χ3n) is 3.86. The average molecular weight is 262 g/mol. The molecule has 0 saturated heterocycles. The lowest BCUT2D eigenvalue weighted by molar-refractivity contribution is 0.347. The molecule has 0 bridgehead atoms. The van der Waals surface area contributed by atoms with Gasteiger partial charge in [-0.1, -0.05) is 0 Å². The molecular formula is C14H18N2OS. The van der Waals surface area contributed by atoms with E-state index in [1.807, 2.05) is 23.9 Å². The SMILES string of the molecule is NCC1CCC2N=C(c3ccc(O)cc3)SC2C1. The van der Waals surface area contributed by atoms with Gasteiger partial charge in [0.05, 0.1) is 11.1 Å². The van der Waals surface area contributed by atoms with Gasteiger partial charge in [-0.2, -0.15) is 0 Å². The second-order valence-corrected chi connectivity index (χ2v) is 6.35. The van der Waals surface area contributed by atoms with E-state index in [9.17, 15) is 5.11 Å². The van der Waals surface area contributed by atoms with Crippen LogP contribution in [0.25, 0.3) is 0 Å². The van der Waals surface area contributed by atoms with Crippen LogP contribution in [0.4, 0.5) is 0 Å². The molecule has 1 saturated carbocycles. The third-order valence-corrected chi connectivity index (χ3v) is 5.23. The average Bonchev–Trinajstić information content (AvgIpc) is 2.82. The summed E-state index contributed by atoms with van der Waals surface area (Å²) in [5.41, 5.74) is 6.90. The highest BCUT2D eigenvalue weighted by atomic mass is 32.2. The molecule has 3 unspecified atom stereocenters. The predicted molar refractivity (Wildman–Crippen MR) is 76.2 cm³/mol. The smallest absolute Gasteiger partial charge is 0.115 e. The van der Waals surface area contributed by atoms with E-state index in [0.717, 1.165) is 17.2 Å². The van der Waals surface area contributed by atoms with Crippen molar-refractivity contribution >= 4 is 16.8 Å². The Kier molecular flexibility index (Phi) is 3.31. The molecule has 4 heteroatoms. The minimum Gasteiger partial charge on any atom is -0.508 e. The molecule has 0 amide bonds. The summed E-state index contributed by atoms with van der Waals surface area (Å²) in [5, 5.41) is 11.0. The van der Waals surface area contributed by atoms with Gasteiger partial charge in [-0.05, 0) is 56.0 Å². The Morgan fingerprint density at radius 2 is 2.06 bits per heavy atom. The minimum absolute atomic E-state index is 0.308. The van der Waals surface area contributed by atoms with Crippen molar-refractivity contribution in [2.24, 2.45) is 16.6 Å². The fourth-order valence-electron chi connectivity index (χ4n) is 2.76. The standard InChI is InChI=1S/C14H18N2OS/c15-8-9-1-6-12-13(7-9)18-14(16-12)10-2-4-11(17)5-3-10/h2-5,9,12-13,17H,1,6-8,15H2. The molecule has 96 valence electrons. The number of hydrogen-bond acceptors (Lipinski definition) is 4. The van der Waals surface area contributed by atoms with Gasteiger partial charge in [0.2, 0.25) is 0 Å². The Balaban J connectivity index is 1.75. The molecule has 0 spiro atoms. The number of hydrogen-bond donors (Lipinski definition) is 2. The second kappa shape index (κ2) is 4.94. The van der Waals surface area contributed by atoms with Crippen molar-refractivity contribution in [2.45, 2.75) is 30.6 Å². The van der Waals surface area contributed by atoms with Gasteiger partial charge in [0.25, 0.3) is 0 Å². The van der Waals surface area contributed by atoms with Crippen molar-refractivity contribution in [2.75, 3.05) is 6.54 Å². The number of thioether (sulfide) groups is 1. The van der Waals surface area contributed by atoms with Crippen LogP contribution in [-0.4, -0.2) is 28.0 Å². The predicted octanol–water partition coefficient (Wildman–Crippen LogP) is 2.38. The number of nitrogens with two attached hydrogens (primary N) is 1. The number of phenols is 1. The molecule has 0 aromatic heterocycles. The van der Waals surface area contributed by atoms with Gasteiger partial charge in [0.15, 0.2) is 0 Å². The first-order valence-electron chi connectivity index (χ1n) is 6.50. The van der Waals surface area contributed by atoms with Crippen molar-refractivity contribution in [1.82, 2.24) is 0 Å². The molecule has 1 aromatic rings. The topological polar surface area (TPSA) is 58.6 Å². The largest absolute Gasteiger partial charge is 0.508 e. The summed E-state index contributed by atoms with van der Waals surface area (Å²) >= 11 is 1.89. The Hall–Kier alpha value is -1.00. The van der Waals surface area contributed by atoms with Gasteiger partial charge in [0, 0.05) is 10.8 Å². The zero-order valence-corrected chi connectivity index (χ0v) is 11.1. The maximum Gasteiger partial charge on any atom is 0.115 e. The summed E-state index contributed by atoms with van der Waals surface area (Å²) in [7, 11) is 0. The number of aliphatic imine (C=N–C) groups is 1. The van der Waals surface area contributed by atoms with E-state index >= 15 is 0 Å². The first-order chi connectivity index (χ1) is 8.76. The van der Waals surface area contributed by atoms with E-state index in [1.54, 1.807) is 12.1 Å². The van der Waals surface area contributed by atoms with Crippen molar-refractivity contribution in [3.63, 3.8) is 0 Å². The summed E-state index contributed by atoms with van der Waals surface area (Å²) in [4.78, 5) is 4.84. The number of nitrogens with zero attached hydrogens (tertiary/aromatic N) is 1. The van der Waals surface area contributed by atoms with Crippen LogP contribution in [0.1, 0.15) is 24.8 Å². The summed E-state index contributed by atoms with van der Waals surface area (Å²) in [6.07, 6.45) is 3.57. The normalized spacial score (nSPS) is 30.9. The van der Waals surface area contributed by atoms with Gasteiger partial charge in [-0.15, -0.1) is 11.8 Å². The number of aromatic hydroxyl groups is 1. The number of phenolic OH excluding ortho intramolecular Hbond substituents is 1. The lowest BCUT2D eigenvalue weighted by Crippen LogP contribution is -2.31. The zero-order valence-electron chi connectivity index (χ0n) is 10.2. The van der Waals surface area contributed by atoms with Crippen LogP contribution < -0.4 is 5.73 Å². The fourth-order valence-corrected chi connectivity index (χ4v) is 4.23. The Morgan fingerprint density at radius 3 is 2.78 bits per heavy atom. The van der Waals surface area contributed by atoms with Crippen molar-refractivity contribution in [3.05, 3.63) is 29.8 Å². The molecular weight excluding hydrogens is 244 g/mol. The van der Waals surface area contributed by atoms with E-state index in [-0.39, 0.29) is 0 Å². The quantitative estimate of drug-likeness (QED) is 0.860. The Morgan fingerprint density at radius 1 is 1.28 bits per heavy atom. The van der Waals surface area contributed by atoms with Crippen molar-refractivity contribution < 1.29 is 5.11 Å². The second-order valence-electron chi connectivity index (χ2n) is 5.12. The molecule has 1 heterocycles. The van der Waals surface area contributed by atoms with E-state index < -0.39 is 0 Å². The highest BCUT2D eigenvalue weighted by molar-refractivity contribution is 8.15. The van der Waals surface area contributed by atoms with Crippen LogP contribution in [0.2, 0.25) is 0 Å². The number of benzene rings is 1. The summed E-state index contributed by atoms with van der Waals surface area (Å²) in [5.74, 6) is 0.982. The van der Waals surface area contributed by atoms with E-state index in [0.29, 0.717) is 23.0 Å². The van der Waals surface area contributed by atoms with Crippen LogP contribution in [0, 0.1) is 5.92 Å². The Bertz CT molecular complexity index is 457.